The van der Waals surface area contributed by atoms with Crippen LogP contribution in [-0.2, 0) is 4.74 Å². The molecule has 1 atom stereocenters. The average Bonchev–Trinajstić information content (AvgIpc) is 2.17. The van der Waals surface area contributed by atoms with Crippen molar-refractivity contribution in [3.63, 3.8) is 0 Å². The first-order chi connectivity index (χ1) is 7.43. The van der Waals surface area contributed by atoms with E-state index in [0.29, 0.717) is 19.7 Å². The summed E-state index contributed by atoms with van der Waals surface area (Å²) in [5, 5.41) is 0. The molecule has 0 amide bonds. The van der Waals surface area contributed by atoms with E-state index in [1.807, 2.05) is 6.92 Å². The van der Waals surface area contributed by atoms with Gasteiger partial charge in [-0.1, -0.05) is 0 Å². The Morgan fingerprint density at radius 3 is 2.65 bits per heavy atom. The minimum Gasteiger partial charge on any atom is -0.445 e. The zero-order valence-electron chi connectivity index (χ0n) is 10.6. The Hall–Kier alpha value is 1.15. The van der Waals surface area contributed by atoms with Crippen LogP contribution in [0.5, 0.6) is 0 Å². The summed E-state index contributed by atoms with van der Waals surface area (Å²) in [6.45, 7) is 1.93. The number of hydrogen-bond acceptors (Lipinski definition) is 2. The van der Waals surface area contributed by atoms with Gasteiger partial charge in [-0.2, -0.15) is 0 Å². The number of hydrogen-bond donors (Lipinski definition) is 0. The number of nitrogens with zero attached hydrogens (tertiary/aromatic N) is 1. The van der Waals surface area contributed by atoms with Gasteiger partial charge >= 0.3 is 58.4 Å². The van der Waals surface area contributed by atoms with E-state index in [1.54, 1.807) is 4.90 Å². The molecule has 0 N–H and O–H groups in total. The van der Waals surface area contributed by atoms with Crippen LogP contribution < -0.4 is 51.4 Å². The van der Waals surface area contributed by atoms with E-state index >= 15 is 0 Å². The molecule has 1 fully saturated rings. The number of ether oxygens (including phenoxy) is 1. The van der Waals surface area contributed by atoms with E-state index in [0.717, 1.165) is 12.8 Å². The van der Waals surface area contributed by atoms with Gasteiger partial charge in [-0.3, -0.25) is 4.90 Å². The summed E-state index contributed by atoms with van der Waals surface area (Å²) < 4.78 is 42.5. The van der Waals surface area contributed by atoms with E-state index in [-0.39, 0.29) is 64.0 Å². The van der Waals surface area contributed by atoms with E-state index in [4.69, 9.17) is 4.74 Å². The predicted molar refractivity (Wildman–Crippen MR) is 59.3 cm³/mol. The van der Waals surface area contributed by atoms with Gasteiger partial charge in [0, 0.05) is 13.2 Å². The van der Waals surface area contributed by atoms with Crippen molar-refractivity contribution in [3.8, 4) is 0 Å². The molecule has 0 aromatic rings. The van der Waals surface area contributed by atoms with Crippen LogP contribution in [0.2, 0.25) is 0 Å². The molecule has 2 nitrogen and oxygen atoms in total. The van der Waals surface area contributed by atoms with Crippen LogP contribution in [0.4, 0.5) is 12.9 Å². The Morgan fingerprint density at radius 2 is 2.12 bits per heavy atom. The van der Waals surface area contributed by atoms with Crippen molar-refractivity contribution in [1.82, 2.24) is 4.90 Å². The maximum absolute atomic E-state index is 12.4. The second kappa shape index (κ2) is 8.35. The molecule has 94 valence electrons. The van der Waals surface area contributed by atoms with Gasteiger partial charge in [0.1, 0.15) is 0 Å². The third-order valence-corrected chi connectivity index (χ3v) is 2.75. The van der Waals surface area contributed by atoms with Crippen LogP contribution in [0.3, 0.4) is 0 Å². The van der Waals surface area contributed by atoms with Crippen LogP contribution >= 0.6 is 0 Å². The molecule has 0 aromatic heterocycles. The van der Waals surface area contributed by atoms with Crippen LogP contribution in [-0.4, -0.2) is 44.2 Å². The smallest absolute Gasteiger partial charge is 0.445 e. The molecule has 7 heteroatoms. The SMILES string of the molecule is C=C(CN1CCCC(OCC)C1)[B-](F)(F)F.[K+]. The molecule has 1 heterocycles. The van der Waals surface area contributed by atoms with E-state index < -0.39 is 12.4 Å². The maximum atomic E-state index is 12.4. The predicted octanol–water partition coefficient (Wildman–Crippen LogP) is -0.566. The third kappa shape index (κ3) is 6.75. The Bertz CT molecular complexity index is 248. The summed E-state index contributed by atoms with van der Waals surface area (Å²) in [5.41, 5.74) is -0.614. The summed E-state index contributed by atoms with van der Waals surface area (Å²) in [4.78, 5) is 1.78. The van der Waals surface area contributed by atoms with E-state index in [9.17, 15) is 12.9 Å². The Morgan fingerprint density at radius 1 is 1.47 bits per heavy atom. The number of piperidine rings is 1. The van der Waals surface area contributed by atoms with E-state index in [2.05, 4.69) is 6.58 Å². The Labute approximate surface area is 143 Å². The normalized spacial score (nSPS) is 22.0. The Balaban J connectivity index is 0.00000256. The molecule has 1 aliphatic rings. The van der Waals surface area contributed by atoms with Crippen LogP contribution in [0.15, 0.2) is 12.1 Å². The summed E-state index contributed by atoms with van der Waals surface area (Å²) in [5.74, 6) is 0. The van der Waals surface area contributed by atoms with E-state index in [1.165, 1.54) is 0 Å². The van der Waals surface area contributed by atoms with Gasteiger partial charge in [0.15, 0.2) is 0 Å². The molecular formula is C10H18BF3KNO. The molecule has 0 saturated carbocycles. The standard InChI is InChI=1S/C10H18BF3NO.K/c1-3-16-10-5-4-6-15(8-10)7-9(2)11(12,13)14;/h10H,2-8H2,1H3;/q-1;+1. The molecule has 1 aliphatic heterocycles. The first-order valence-electron chi connectivity index (χ1n) is 5.65. The van der Waals surface area contributed by atoms with Crippen molar-refractivity contribution in [2.24, 2.45) is 0 Å². The molecule has 1 rings (SSSR count). The van der Waals surface area contributed by atoms with Gasteiger partial charge in [-0.25, -0.2) is 0 Å². The van der Waals surface area contributed by atoms with Crippen LogP contribution in [0.1, 0.15) is 19.8 Å². The topological polar surface area (TPSA) is 12.5 Å². The number of likely N-dealkylation sites (tertiary alicyclic amines) is 1. The molecular weight excluding hydrogens is 257 g/mol. The first-order valence-corrected chi connectivity index (χ1v) is 5.65. The molecule has 0 radical (unpaired) electrons. The van der Waals surface area contributed by atoms with Crippen molar-refractivity contribution in [2.75, 3.05) is 26.2 Å². The van der Waals surface area contributed by atoms with Crippen molar-refractivity contribution in [2.45, 2.75) is 25.9 Å². The van der Waals surface area contributed by atoms with Crippen molar-refractivity contribution in [3.05, 3.63) is 12.1 Å². The summed E-state index contributed by atoms with van der Waals surface area (Å²) in [7, 11) is 0. The average molecular weight is 275 g/mol. The van der Waals surface area contributed by atoms with Crippen LogP contribution in [0, 0.1) is 0 Å². The zero-order valence-corrected chi connectivity index (χ0v) is 13.7. The number of rotatable bonds is 5. The molecule has 17 heavy (non-hydrogen) atoms. The Kier molecular flexibility index (Phi) is 8.91. The molecule has 1 saturated heterocycles. The maximum Gasteiger partial charge on any atom is 1.00 e. The van der Waals surface area contributed by atoms with Gasteiger partial charge < -0.3 is 17.7 Å². The molecule has 1 unspecified atom stereocenters. The fraction of sp³-hybridized carbons (Fsp3) is 0.800. The van der Waals surface area contributed by atoms with Gasteiger partial charge in [0.2, 0.25) is 0 Å². The second-order valence-corrected chi connectivity index (χ2v) is 4.19. The first kappa shape index (κ1) is 18.2. The zero-order chi connectivity index (χ0) is 12.2. The monoisotopic (exact) mass is 275 g/mol. The second-order valence-electron chi connectivity index (χ2n) is 4.19. The van der Waals surface area contributed by atoms with Crippen molar-refractivity contribution < 1.29 is 69.1 Å². The van der Waals surface area contributed by atoms with Crippen molar-refractivity contribution in [1.29, 1.82) is 0 Å². The van der Waals surface area contributed by atoms with Crippen molar-refractivity contribution >= 4 is 6.98 Å². The van der Waals surface area contributed by atoms with Gasteiger partial charge in [0.05, 0.1) is 6.10 Å². The fourth-order valence-electron chi connectivity index (χ4n) is 1.92. The van der Waals surface area contributed by atoms with Gasteiger partial charge in [-0.05, 0) is 32.9 Å². The number of halogens is 3. The minimum atomic E-state index is -4.90. The van der Waals surface area contributed by atoms with Gasteiger partial charge in [0.25, 0.3) is 0 Å². The molecule has 0 aromatic carbocycles. The molecule has 0 spiro atoms. The summed E-state index contributed by atoms with van der Waals surface area (Å²) in [6.07, 6.45) is 1.91. The molecule has 0 bridgehead atoms. The van der Waals surface area contributed by atoms with Gasteiger partial charge in [-0.15, -0.1) is 12.1 Å². The quantitative estimate of drug-likeness (QED) is 0.623. The third-order valence-electron chi connectivity index (χ3n) is 2.75. The van der Waals surface area contributed by atoms with Crippen LogP contribution in [0.25, 0.3) is 0 Å². The minimum absolute atomic E-state index is 0. The fourth-order valence-corrected chi connectivity index (χ4v) is 1.92. The molecule has 0 aliphatic carbocycles. The largest absolute Gasteiger partial charge is 1.00 e. The summed E-state index contributed by atoms with van der Waals surface area (Å²) in [6, 6.07) is 0. The summed E-state index contributed by atoms with van der Waals surface area (Å²) >= 11 is 0.